The third kappa shape index (κ3) is 1.76. The number of nitrogens with one attached hydrogen (secondary N) is 2. The molecule has 11 heavy (non-hydrogen) atoms. The summed E-state index contributed by atoms with van der Waals surface area (Å²) in [7, 11) is 0. The second-order valence-electron chi connectivity index (χ2n) is 2.16. The van der Waals surface area contributed by atoms with Crippen LogP contribution in [0.25, 0.3) is 0 Å². The summed E-state index contributed by atoms with van der Waals surface area (Å²) >= 11 is 0. The highest BCUT2D eigenvalue weighted by atomic mass is 16.2. The molecule has 5 heteroatoms. The minimum atomic E-state index is -0.236. The van der Waals surface area contributed by atoms with Crippen molar-refractivity contribution in [3.05, 3.63) is 11.9 Å². The van der Waals surface area contributed by atoms with Crippen molar-refractivity contribution in [2.24, 2.45) is 0 Å². The monoisotopic (exact) mass is 155 g/mol. The van der Waals surface area contributed by atoms with Gasteiger partial charge in [0.25, 0.3) is 0 Å². The highest BCUT2D eigenvalue weighted by Crippen LogP contribution is 1.81. The minimum absolute atomic E-state index is 0.236. The SMILES string of the molecule is CCNC(=O)n1nc(C)c[nH+]1. The van der Waals surface area contributed by atoms with Crippen LogP contribution in [0.5, 0.6) is 0 Å². The lowest BCUT2D eigenvalue weighted by molar-refractivity contribution is -0.478. The standard InChI is InChI=1S/C6H10N4O/c1-3-7-6(11)10-8-4-5(2)9-10/h4H,3H2,1-2H3,(H,7,11)/p+1. The molecule has 0 atom stereocenters. The lowest BCUT2D eigenvalue weighted by Crippen LogP contribution is -2.36. The summed E-state index contributed by atoms with van der Waals surface area (Å²) in [4.78, 5) is 12.2. The Bertz CT molecular complexity index is 255. The first-order chi connectivity index (χ1) is 5.24. The lowest BCUT2D eigenvalue weighted by Gasteiger charge is -1.92. The van der Waals surface area contributed by atoms with Gasteiger partial charge in [-0.05, 0) is 6.92 Å². The summed E-state index contributed by atoms with van der Waals surface area (Å²) in [6, 6.07) is -0.236. The van der Waals surface area contributed by atoms with Crippen molar-refractivity contribution in [1.82, 2.24) is 15.2 Å². The van der Waals surface area contributed by atoms with Crippen LogP contribution in [0.1, 0.15) is 12.6 Å². The number of hydrogen-bond donors (Lipinski definition) is 1. The fraction of sp³-hybridized carbons (Fsp3) is 0.500. The van der Waals surface area contributed by atoms with E-state index >= 15 is 0 Å². The van der Waals surface area contributed by atoms with E-state index in [9.17, 15) is 4.79 Å². The number of carbonyl (C=O) groups excluding carboxylic acids is 1. The molecule has 1 heterocycles. The van der Waals surface area contributed by atoms with E-state index in [1.807, 2.05) is 13.8 Å². The van der Waals surface area contributed by atoms with Crippen LogP contribution in [0.15, 0.2) is 6.20 Å². The maximum atomic E-state index is 11.0. The van der Waals surface area contributed by atoms with Gasteiger partial charge in [0.1, 0.15) is 0 Å². The molecule has 0 fully saturated rings. The number of aromatic amines is 1. The zero-order valence-electron chi connectivity index (χ0n) is 6.59. The molecule has 0 radical (unpaired) electrons. The van der Waals surface area contributed by atoms with Crippen LogP contribution >= 0.6 is 0 Å². The second kappa shape index (κ2) is 3.14. The number of H-pyrrole nitrogens is 1. The van der Waals surface area contributed by atoms with Crippen molar-refractivity contribution in [3.63, 3.8) is 0 Å². The molecule has 0 aliphatic carbocycles. The first kappa shape index (κ1) is 7.71. The van der Waals surface area contributed by atoms with Gasteiger partial charge in [0, 0.05) is 18.3 Å². The van der Waals surface area contributed by atoms with Crippen molar-refractivity contribution in [3.8, 4) is 0 Å². The van der Waals surface area contributed by atoms with Crippen molar-refractivity contribution < 1.29 is 9.89 Å². The van der Waals surface area contributed by atoms with Gasteiger partial charge in [0.15, 0.2) is 6.20 Å². The molecule has 1 amide bonds. The number of nitrogens with zero attached hydrogens (tertiary/aromatic N) is 2. The van der Waals surface area contributed by atoms with Crippen LogP contribution in [-0.4, -0.2) is 22.5 Å². The average Bonchev–Trinajstić information content (AvgIpc) is 2.36. The van der Waals surface area contributed by atoms with Crippen LogP contribution in [0.2, 0.25) is 0 Å². The third-order valence-corrected chi connectivity index (χ3v) is 1.17. The molecule has 60 valence electrons. The van der Waals surface area contributed by atoms with Crippen LogP contribution in [0.3, 0.4) is 0 Å². The molecular formula is C6H11N4O+. The molecule has 0 unspecified atom stereocenters. The van der Waals surface area contributed by atoms with Gasteiger partial charge >= 0.3 is 6.03 Å². The second-order valence-corrected chi connectivity index (χ2v) is 2.16. The Morgan fingerprint density at radius 1 is 1.91 bits per heavy atom. The summed E-state index contributed by atoms with van der Waals surface area (Å²) in [5, 5.41) is 9.17. The number of carbonyl (C=O) groups is 1. The first-order valence-electron chi connectivity index (χ1n) is 3.46. The van der Waals surface area contributed by atoms with Gasteiger partial charge in [-0.15, -0.1) is 0 Å². The highest BCUT2D eigenvalue weighted by molar-refractivity contribution is 5.73. The first-order valence-corrected chi connectivity index (χ1v) is 3.46. The molecule has 0 bridgehead atoms. The Morgan fingerprint density at radius 2 is 2.64 bits per heavy atom. The van der Waals surface area contributed by atoms with Crippen molar-refractivity contribution >= 4 is 6.03 Å². The minimum Gasteiger partial charge on any atom is -0.332 e. The molecule has 0 aliphatic heterocycles. The Morgan fingerprint density at radius 3 is 3.09 bits per heavy atom. The van der Waals surface area contributed by atoms with E-state index in [0.29, 0.717) is 6.54 Å². The summed E-state index contributed by atoms with van der Waals surface area (Å²) in [6.07, 6.45) is 1.66. The summed E-state index contributed by atoms with van der Waals surface area (Å²) in [6.45, 7) is 4.27. The molecule has 5 nitrogen and oxygen atoms in total. The number of hydrogen-bond acceptors (Lipinski definition) is 2. The molecule has 1 aromatic heterocycles. The summed E-state index contributed by atoms with van der Waals surface area (Å²) < 4.78 is 0. The predicted octanol–water partition coefficient (Wildman–Crippen LogP) is -0.417. The molecular weight excluding hydrogens is 144 g/mol. The van der Waals surface area contributed by atoms with Gasteiger partial charge in [0.05, 0.1) is 5.10 Å². The number of aryl methyl sites for hydroxylation is 1. The van der Waals surface area contributed by atoms with Crippen molar-refractivity contribution in [1.29, 1.82) is 0 Å². The Labute approximate surface area is 64.4 Å². The Hall–Kier alpha value is -1.39. The van der Waals surface area contributed by atoms with Gasteiger partial charge in [-0.2, -0.15) is 5.10 Å². The Kier molecular flexibility index (Phi) is 2.20. The fourth-order valence-electron chi connectivity index (χ4n) is 0.700. The van der Waals surface area contributed by atoms with E-state index in [0.717, 1.165) is 5.69 Å². The fourth-order valence-corrected chi connectivity index (χ4v) is 0.700. The van der Waals surface area contributed by atoms with Crippen LogP contribution in [-0.2, 0) is 0 Å². The van der Waals surface area contributed by atoms with E-state index in [4.69, 9.17) is 0 Å². The molecule has 1 aromatic rings. The van der Waals surface area contributed by atoms with Crippen LogP contribution < -0.4 is 10.4 Å². The zero-order valence-corrected chi connectivity index (χ0v) is 6.59. The molecule has 0 spiro atoms. The van der Waals surface area contributed by atoms with Gasteiger partial charge < -0.3 is 5.32 Å². The lowest BCUT2D eigenvalue weighted by atomic mass is 10.6. The van der Waals surface area contributed by atoms with E-state index in [-0.39, 0.29) is 6.03 Å². The third-order valence-electron chi connectivity index (χ3n) is 1.17. The van der Waals surface area contributed by atoms with Gasteiger partial charge in [-0.3, -0.25) is 0 Å². The maximum absolute atomic E-state index is 11.0. The number of rotatable bonds is 1. The summed E-state index contributed by atoms with van der Waals surface area (Å²) in [5.74, 6) is 0. The normalized spacial score (nSPS) is 9.64. The van der Waals surface area contributed by atoms with E-state index in [1.165, 1.54) is 4.80 Å². The van der Waals surface area contributed by atoms with E-state index in [2.05, 4.69) is 15.5 Å². The van der Waals surface area contributed by atoms with Crippen molar-refractivity contribution in [2.45, 2.75) is 13.8 Å². The topological polar surface area (TPSA) is 61.1 Å². The average molecular weight is 155 g/mol. The molecule has 0 saturated heterocycles. The molecule has 2 N–H and O–H groups in total. The summed E-state index contributed by atoms with van der Waals surface area (Å²) in [5.41, 5.74) is 0.788. The quantitative estimate of drug-likeness (QED) is 0.599. The smallest absolute Gasteiger partial charge is 0.332 e. The highest BCUT2D eigenvalue weighted by Gasteiger charge is 2.11. The van der Waals surface area contributed by atoms with Gasteiger partial charge in [-0.25, -0.2) is 4.79 Å². The predicted molar refractivity (Wildman–Crippen MR) is 38.0 cm³/mol. The molecule has 0 saturated carbocycles. The number of aromatic nitrogens is 3. The van der Waals surface area contributed by atoms with Gasteiger partial charge in [0.2, 0.25) is 5.69 Å². The zero-order chi connectivity index (χ0) is 8.27. The molecule has 1 rings (SSSR count). The molecule has 0 aliphatic rings. The van der Waals surface area contributed by atoms with Crippen molar-refractivity contribution in [2.75, 3.05) is 6.54 Å². The van der Waals surface area contributed by atoms with E-state index < -0.39 is 0 Å². The largest absolute Gasteiger partial charge is 0.398 e. The number of amides is 1. The van der Waals surface area contributed by atoms with E-state index in [1.54, 1.807) is 6.20 Å². The Balaban J connectivity index is 2.69. The maximum Gasteiger partial charge on any atom is 0.398 e. The van der Waals surface area contributed by atoms with Gasteiger partial charge in [-0.1, -0.05) is 0 Å². The van der Waals surface area contributed by atoms with Crippen LogP contribution in [0.4, 0.5) is 4.79 Å². The molecule has 0 aromatic carbocycles. The van der Waals surface area contributed by atoms with Crippen LogP contribution in [0, 0.1) is 6.92 Å².